The molecule has 0 spiro atoms. The van der Waals surface area contributed by atoms with Crippen LogP contribution in [0.5, 0.6) is 0 Å². The first-order valence-corrected chi connectivity index (χ1v) is 5.01. The van der Waals surface area contributed by atoms with E-state index in [1.54, 1.807) is 0 Å². The summed E-state index contributed by atoms with van der Waals surface area (Å²) in [5.74, 6) is -1.57. The zero-order valence-corrected chi connectivity index (χ0v) is 8.89. The standard InChI is InChI=1S/C10H11N3O3/c1-12-7(14)8(15)13(9(12)16)6-10(2-3-10)4-5-11/h2-4,6H2,1H3. The molecular weight excluding hydrogens is 210 g/mol. The van der Waals surface area contributed by atoms with Gasteiger partial charge in [0.1, 0.15) is 0 Å². The van der Waals surface area contributed by atoms with E-state index in [-0.39, 0.29) is 12.0 Å². The number of rotatable bonds is 3. The second kappa shape index (κ2) is 3.30. The third kappa shape index (κ3) is 1.45. The largest absolute Gasteiger partial charge is 0.333 e. The van der Waals surface area contributed by atoms with Crippen LogP contribution in [0.2, 0.25) is 0 Å². The van der Waals surface area contributed by atoms with Crippen molar-refractivity contribution in [1.82, 2.24) is 9.80 Å². The van der Waals surface area contributed by atoms with Gasteiger partial charge in [-0.2, -0.15) is 5.26 Å². The van der Waals surface area contributed by atoms with Gasteiger partial charge >= 0.3 is 17.8 Å². The predicted molar refractivity (Wildman–Crippen MR) is 51.8 cm³/mol. The number of carbonyl (C=O) groups is 3. The number of nitrogens with zero attached hydrogens (tertiary/aromatic N) is 3. The topological polar surface area (TPSA) is 81.5 Å². The van der Waals surface area contributed by atoms with Crippen molar-refractivity contribution in [1.29, 1.82) is 5.26 Å². The average Bonchev–Trinajstić information content (AvgIpc) is 2.99. The quantitative estimate of drug-likeness (QED) is 0.500. The third-order valence-corrected chi connectivity index (χ3v) is 3.16. The molecule has 2 rings (SSSR count). The maximum atomic E-state index is 11.6. The second-order valence-corrected chi connectivity index (χ2v) is 4.37. The van der Waals surface area contributed by atoms with Crippen molar-refractivity contribution >= 4 is 17.8 Å². The maximum Gasteiger partial charge on any atom is 0.333 e. The van der Waals surface area contributed by atoms with Gasteiger partial charge in [0.2, 0.25) is 0 Å². The highest BCUT2D eigenvalue weighted by Gasteiger charge is 2.50. The number of imide groups is 2. The van der Waals surface area contributed by atoms with Crippen molar-refractivity contribution in [3.63, 3.8) is 0 Å². The zero-order valence-electron chi connectivity index (χ0n) is 8.89. The van der Waals surface area contributed by atoms with E-state index in [2.05, 4.69) is 0 Å². The molecule has 0 aromatic heterocycles. The third-order valence-electron chi connectivity index (χ3n) is 3.16. The molecule has 0 bridgehead atoms. The fraction of sp³-hybridized carbons (Fsp3) is 0.600. The number of nitriles is 1. The summed E-state index contributed by atoms with van der Waals surface area (Å²) in [6.45, 7) is 0.189. The molecule has 1 aliphatic carbocycles. The number of carbonyl (C=O) groups excluding carboxylic acids is 3. The van der Waals surface area contributed by atoms with Crippen LogP contribution in [0.15, 0.2) is 0 Å². The molecular formula is C10H11N3O3. The number of likely N-dealkylation sites (N-methyl/N-ethyl adjacent to an activating group) is 1. The molecule has 84 valence electrons. The second-order valence-electron chi connectivity index (χ2n) is 4.37. The minimum atomic E-state index is -0.794. The SMILES string of the molecule is CN1C(=O)C(=O)N(CC2(CC#N)CC2)C1=O. The Morgan fingerprint density at radius 3 is 2.31 bits per heavy atom. The van der Waals surface area contributed by atoms with Crippen LogP contribution in [0.4, 0.5) is 4.79 Å². The van der Waals surface area contributed by atoms with E-state index in [4.69, 9.17) is 5.26 Å². The van der Waals surface area contributed by atoms with Crippen molar-refractivity contribution in [3.8, 4) is 6.07 Å². The van der Waals surface area contributed by atoms with Crippen LogP contribution in [0.25, 0.3) is 0 Å². The van der Waals surface area contributed by atoms with Gasteiger partial charge in [-0.05, 0) is 12.8 Å². The van der Waals surface area contributed by atoms with Crippen molar-refractivity contribution in [2.24, 2.45) is 5.41 Å². The molecule has 2 aliphatic rings. The monoisotopic (exact) mass is 221 g/mol. The Balaban J connectivity index is 2.12. The van der Waals surface area contributed by atoms with E-state index in [9.17, 15) is 14.4 Å². The molecule has 6 heteroatoms. The van der Waals surface area contributed by atoms with Gasteiger partial charge in [0, 0.05) is 25.4 Å². The van der Waals surface area contributed by atoms with Crippen LogP contribution < -0.4 is 0 Å². The molecule has 1 aliphatic heterocycles. The van der Waals surface area contributed by atoms with Crippen molar-refractivity contribution in [2.75, 3.05) is 13.6 Å². The smallest absolute Gasteiger partial charge is 0.263 e. The first-order chi connectivity index (χ1) is 7.51. The first kappa shape index (κ1) is 10.6. The lowest BCUT2D eigenvalue weighted by Gasteiger charge is -2.18. The van der Waals surface area contributed by atoms with E-state index >= 15 is 0 Å². The fourth-order valence-electron chi connectivity index (χ4n) is 1.82. The Labute approximate surface area is 92.4 Å². The molecule has 6 nitrogen and oxygen atoms in total. The molecule has 1 heterocycles. The molecule has 1 saturated heterocycles. The molecule has 0 aromatic rings. The number of hydrogen-bond acceptors (Lipinski definition) is 4. The van der Waals surface area contributed by atoms with Gasteiger partial charge < -0.3 is 0 Å². The average molecular weight is 221 g/mol. The molecule has 1 saturated carbocycles. The van der Waals surface area contributed by atoms with Crippen LogP contribution in [0, 0.1) is 16.7 Å². The molecule has 16 heavy (non-hydrogen) atoms. The Morgan fingerprint density at radius 2 is 1.94 bits per heavy atom. The van der Waals surface area contributed by atoms with E-state index in [1.807, 2.05) is 6.07 Å². The molecule has 0 aromatic carbocycles. The van der Waals surface area contributed by atoms with Crippen LogP contribution >= 0.6 is 0 Å². The summed E-state index contributed by atoms with van der Waals surface area (Å²) in [6.07, 6.45) is 1.98. The minimum absolute atomic E-state index is 0.189. The maximum absolute atomic E-state index is 11.6. The Hall–Kier alpha value is -1.90. The molecule has 0 radical (unpaired) electrons. The Bertz CT molecular complexity index is 420. The van der Waals surface area contributed by atoms with E-state index in [0.29, 0.717) is 6.42 Å². The normalized spacial score (nSPS) is 22.6. The molecule has 0 atom stereocenters. The Morgan fingerprint density at radius 1 is 1.31 bits per heavy atom. The molecule has 0 unspecified atom stereocenters. The van der Waals surface area contributed by atoms with Gasteiger partial charge in [0.25, 0.3) is 0 Å². The highest BCUT2D eigenvalue weighted by Crippen LogP contribution is 2.49. The summed E-state index contributed by atoms with van der Waals surface area (Å²) >= 11 is 0. The first-order valence-electron chi connectivity index (χ1n) is 5.01. The highest BCUT2D eigenvalue weighted by atomic mass is 16.2. The highest BCUT2D eigenvalue weighted by molar-refractivity contribution is 6.44. The van der Waals surface area contributed by atoms with Crippen molar-refractivity contribution in [2.45, 2.75) is 19.3 Å². The van der Waals surface area contributed by atoms with Crippen LogP contribution in [-0.2, 0) is 9.59 Å². The van der Waals surface area contributed by atoms with E-state index < -0.39 is 17.8 Å². The summed E-state index contributed by atoms with van der Waals surface area (Å²) in [5.41, 5.74) is -0.258. The lowest BCUT2D eigenvalue weighted by atomic mass is 10.0. The van der Waals surface area contributed by atoms with Crippen LogP contribution in [0.3, 0.4) is 0 Å². The van der Waals surface area contributed by atoms with E-state index in [1.165, 1.54) is 7.05 Å². The number of amides is 4. The van der Waals surface area contributed by atoms with Gasteiger partial charge in [-0.15, -0.1) is 0 Å². The summed E-state index contributed by atoms with van der Waals surface area (Å²) in [4.78, 5) is 36.0. The van der Waals surface area contributed by atoms with Crippen LogP contribution in [-0.4, -0.2) is 41.2 Å². The van der Waals surface area contributed by atoms with Gasteiger partial charge in [-0.3, -0.25) is 19.4 Å². The number of urea groups is 1. The van der Waals surface area contributed by atoms with Crippen LogP contribution in [0.1, 0.15) is 19.3 Å². The summed E-state index contributed by atoms with van der Waals surface area (Å²) in [7, 11) is 1.28. The lowest BCUT2D eigenvalue weighted by Crippen LogP contribution is -2.36. The number of hydrogen-bond donors (Lipinski definition) is 0. The van der Waals surface area contributed by atoms with Gasteiger partial charge in [0.05, 0.1) is 6.07 Å². The molecule has 4 amide bonds. The van der Waals surface area contributed by atoms with Gasteiger partial charge in [-0.1, -0.05) is 0 Å². The van der Waals surface area contributed by atoms with Crippen molar-refractivity contribution < 1.29 is 14.4 Å². The predicted octanol–water partition coefficient (Wildman–Crippen LogP) is 0.101. The summed E-state index contributed by atoms with van der Waals surface area (Å²) in [5, 5.41) is 8.64. The van der Waals surface area contributed by atoms with E-state index in [0.717, 1.165) is 22.6 Å². The fourth-order valence-corrected chi connectivity index (χ4v) is 1.82. The van der Waals surface area contributed by atoms with Gasteiger partial charge in [0.15, 0.2) is 0 Å². The summed E-state index contributed by atoms with van der Waals surface area (Å²) < 4.78 is 0. The lowest BCUT2D eigenvalue weighted by molar-refractivity contribution is -0.143. The van der Waals surface area contributed by atoms with Crippen molar-refractivity contribution in [3.05, 3.63) is 0 Å². The zero-order chi connectivity index (χ0) is 11.9. The minimum Gasteiger partial charge on any atom is -0.263 e. The molecule has 0 N–H and O–H groups in total. The molecule has 2 fully saturated rings. The summed E-state index contributed by atoms with van der Waals surface area (Å²) in [6, 6.07) is 1.46. The van der Waals surface area contributed by atoms with Gasteiger partial charge in [-0.25, -0.2) is 4.79 Å². The Kier molecular flexibility index (Phi) is 2.19.